The van der Waals surface area contributed by atoms with Gasteiger partial charge in [0, 0.05) is 4.90 Å². The smallest absolute Gasteiger partial charge is 0.331 e. The Labute approximate surface area is 123 Å². The molecule has 0 aliphatic carbocycles. The molecule has 0 saturated carbocycles. The van der Waals surface area contributed by atoms with Crippen molar-refractivity contribution in [3.63, 3.8) is 0 Å². The summed E-state index contributed by atoms with van der Waals surface area (Å²) in [6.45, 7) is 0. The van der Waals surface area contributed by atoms with Gasteiger partial charge in [-0.1, -0.05) is 18.2 Å². The van der Waals surface area contributed by atoms with Gasteiger partial charge in [0.25, 0.3) is 6.02 Å². The van der Waals surface area contributed by atoms with E-state index >= 15 is 0 Å². The van der Waals surface area contributed by atoms with E-state index in [1.807, 2.05) is 24.3 Å². The molecule has 0 spiro atoms. The van der Waals surface area contributed by atoms with Crippen LogP contribution in [0.3, 0.4) is 0 Å². The number of nitrogens with one attached hydrogen (secondary N) is 1. The van der Waals surface area contributed by atoms with E-state index in [1.165, 1.54) is 0 Å². The third-order valence-corrected chi connectivity index (χ3v) is 2.38. The number of carbonyl (C=O) groups is 1. The summed E-state index contributed by atoms with van der Waals surface area (Å²) in [6, 6.07) is 5.80. The molecule has 0 bridgehead atoms. The number of nitrogens with two attached hydrogens (primary N) is 2. The Balaban J connectivity index is 0. The first-order valence-corrected chi connectivity index (χ1v) is 5.03. The van der Waals surface area contributed by atoms with Crippen LogP contribution in [0.4, 0.5) is 0 Å². The minimum Gasteiger partial charge on any atom is -0.392 e. The fraction of sp³-hybridized carbons (Fsp3) is 0.200. The van der Waals surface area contributed by atoms with Gasteiger partial charge in [-0.05, 0) is 18.1 Å². The summed E-state index contributed by atoms with van der Waals surface area (Å²) in [7, 11) is 0. The van der Waals surface area contributed by atoms with E-state index in [1.54, 1.807) is 0 Å². The number of hydrogen-bond donors (Lipinski definition) is 4. The van der Waals surface area contributed by atoms with Crippen molar-refractivity contribution in [2.75, 3.05) is 0 Å². The Kier molecular flexibility index (Phi) is 9.74. The molecule has 0 aliphatic heterocycles. The first kappa shape index (κ1) is 19.4. The summed E-state index contributed by atoms with van der Waals surface area (Å²) in [5.74, 6) is -0.718. The second-order valence-electron chi connectivity index (χ2n) is 3.22. The molecule has 102 valence electrons. The Morgan fingerprint density at radius 1 is 1.39 bits per heavy atom. The van der Waals surface area contributed by atoms with Crippen LogP contribution in [0.2, 0.25) is 0 Å². The molecule has 0 amide bonds. The maximum atomic E-state index is 11.3. The van der Waals surface area contributed by atoms with Gasteiger partial charge in [0.15, 0.2) is 0 Å². The summed E-state index contributed by atoms with van der Waals surface area (Å²) in [6.07, 6.45) is 0.297. The number of thiol groups is 1. The Bertz CT molecular complexity index is 418. The third-order valence-electron chi connectivity index (χ3n) is 1.94. The zero-order valence-corrected chi connectivity index (χ0v) is 11.9. The quantitative estimate of drug-likeness (QED) is 0.291. The van der Waals surface area contributed by atoms with Crippen LogP contribution >= 0.6 is 37.4 Å². The predicted molar refractivity (Wildman–Crippen MR) is 77.9 cm³/mol. The van der Waals surface area contributed by atoms with E-state index in [4.69, 9.17) is 16.9 Å². The number of halogens is 2. The number of amidine groups is 1. The van der Waals surface area contributed by atoms with Crippen LogP contribution in [0.15, 0.2) is 29.2 Å². The van der Waals surface area contributed by atoms with E-state index in [2.05, 4.69) is 17.4 Å². The van der Waals surface area contributed by atoms with E-state index in [9.17, 15) is 4.79 Å². The number of hydrogen-bond acceptors (Lipinski definition) is 5. The summed E-state index contributed by atoms with van der Waals surface area (Å²) in [5, 5.41) is 6.80. The molecule has 0 aliphatic rings. The minimum atomic E-state index is -0.850. The molecule has 1 atom stereocenters. The highest BCUT2D eigenvalue weighted by Gasteiger charge is 2.17. The zero-order chi connectivity index (χ0) is 12.1. The van der Waals surface area contributed by atoms with Crippen molar-refractivity contribution in [1.29, 1.82) is 5.41 Å². The molecule has 5 N–H and O–H groups in total. The zero-order valence-electron chi connectivity index (χ0n) is 9.33. The monoisotopic (exact) mass is 311 g/mol. The number of benzene rings is 1. The van der Waals surface area contributed by atoms with E-state index in [0.717, 1.165) is 10.5 Å². The summed E-state index contributed by atoms with van der Waals surface area (Å²) in [4.78, 5) is 12.0. The molecule has 0 radical (unpaired) electrons. The maximum absolute atomic E-state index is 11.3. The lowest BCUT2D eigenvalue weighted by atomic mass is 10.1. The highest BCUT2D eigenvalue weighted by molar-refractivity contribution is 7.80. The predicted octanol–water partition coefficient (Wildman–Crippen LogP) is 1.13. The van der Waals surface area contributed by atoms with Gasteiger partial charge >= 0.3 is 5.97 Å². The van der Waals surface area contributed by atoms with Gasteiger partial charge in [-0.15, -0.1) is 37.4 Å². The molecule has 0 fully saturated rings. The van der Waals surface area contributed by atoms with Gasteiger partial charge in [0.05, 0.1) is 0 Å². The van der Waals surface area contributed by atoms with Crippen molar-refractivity contribution in [2.45, 2.75) is 17.4 Å². The second-order valence-corrected chi connectivity index (χ2v) is 3.71. The van der Waals surface area contributed by atoms with Crippen molar-refractivity contribution in [1.82, 2.24) is 0 Å². The molecule has 1 aromatic rings. The molecule has 0 aromatic heterocycles. The van der Waals surface area contributed by atoms with E-state index in [-0.39, 0.29) is 24.8 Å². The topological polar surface area (TPSA) is 102 Å². The Morgan fingerprint density at radius 2 is 1.94 bits per heavy atom. The van der Waals surface area contributed by atoms with Gasteiger partial charge in [-0.25, -0.2) is 4.79 Å². The largest absolute Gasteiger partial charge is 0.392 e. The average Bonchev–Trinajstić information content (AvgIpc) is 2.20. The van der Waals surface area contributed by atoms with Gasteiger partial charge in [0.1, 0.15) is 6.04 Å². The molecule has 5 nitrogen and oxygen atoms in total. The first-order chi connectivity index (χ1) is 7.50. The molecule has 8 heteroatoms. The van der Waals surface area contributed by atoms with Crippen LogP contribution in [-0.4, -0.2) is 18.0 Å². The fourth-order valence-corrected chi connectivity index (χ4v) is 1.44. The molecular formula is C10H15Cl2N3O2S. The third kappa shape index (κ3) is 6.11. The van der Waals surface area contributed by atoms with Crippen LogP contribution < -0.4 is 11.5 Å². The summed E-state index contributed by atoms with van der Waals surface area (Å²) < 4.78 is 4.40. The van der Waals surface area contributed by atoms with E-state index in [0.29, 0.717) is 6.42 Å². The second kappa shape index (κ2) is 9.04. The van der Waals surface area contributed by atoms with Gasteiger partial charge < -0.3 is 16.2 Å². The molecule has 1 aromatic carbocycles. The summed E-state index contributed by atoms with van der Waals surface area (Å²) >= 11 is 4.24. The first-order valence-electron chi connectivity index (χ1n) is 4.59. The molecule has 0 heterocycles. The standard InChI is InChI=1S/C10H13N3O2S.2ClH/c11-7(9(14)15-10(12)13)5-6-3-1-2-4-8(6)16;;/h1-4,7,16H,5,11H2,(H3,12,13);2*1H. The number of ether oxygens (including phenoxy) is 1. The van der Waals surface area contributed by atoms with Crippen LogP contribution in [0.1, 0.15) is 5.56 Å². The molecule has 18 heavy (non-hydrogen) atoms. The van der Waals surface area contributed by atoms with Crippen molar-refractivity contribution in [2.24, 2.45) is 11.5 Å². The van der Waals surface area contributed by atoms with Crippen molar-refractivity contribution < 1.29 is 9.53 Å². The van der Waals surface area contributed by atoms with Gasteiger partial charge in [-0.3, -0.25) is 5.41 Å². The van der Waals surface area contributed by atoms with Crippen LogP contribution in [0, 0.1) is 5.41 Å². The molecule has 0 saturated heterocycles. The van der Waals surface area contributed by atoms with Crippen molar-refractivity contribution in [3.8, 4) is 0 Å². The highest BCUT2D eigenvalue weighted by atomic mass is 35.5. The number of rotatable bonds is 3. The van der Waals surface area contributed by atoms with E-state index < -0.39 is 18.0 Å². The van der Waals surface area contributed by atoms with Crippen molar-refractivity contribution in [3.05, 3.63) is 29.8 Å². The lowest BCUT2D eigenvalue weighted by molar-refractivity contribution is -0.137. The Hall–Kier alpha value is -0.950. The molecule has 1 rings (SSSR count). The van der Waals surface area contributed by atoms with Gasteiger partial charge in [0.2, 0.25) is 0 Å². The number of esters is 1. The van der Waals surface area contributed by atoms with Gasteiger partial charge in [-0.2, -0.15) is 0 Å². The average molecular weight is 312 g/mol. The maximum Gasteiger partial charge on any atom is 0.331 e. The lowest BCUT2D eigenvalue weighted by Crippen LogP contribution is -2.37. The number of carbonyl (C=O) groups excluding carboxylic acids is 1. The fourth-order valence-electron chi connectivity index (χ4n) is 1.19. The van der Waals surface area contributed by atoms with Crippen LogP contribution in [0.25, 0.3) is 0 Å². The lowest BCUT2D eigenvalue weighted by Gasteiger charge is -2.11. The van der Waals surface area contributed by atoms with Crippen LogP contribution in [-0.2, 0) is 16.0 Å². The SMILES string of the molecule is Cl.Cl.N=C(N)OC(=O)C(N)Cc1ccccc1S. The molecular weight excluding hydrogens is 297 g/mol. The van der Waals surface area contributed by atoms with Crippen LogP contribution in [0.5, 0.6) is 0 Å². The molecule has 1 unspecified atom stereocenters. The van der Waals surface area contributed by atoms with Crippen molar-refractivity contribution >= 4 is 49.4 Å². The normalized spacial score (nSPS) is 10.6. The highest BCUT2D eigenvalue weighted by Crippen LogP contribution is 2.14. The summed E-state index contributed by atoms with van der Waals surface area (Å²) in [5.41, 5.74) is 11.4. The minimum absolute atomic E-state index is 0. The Morgan fingerprint density at radius 3 is 2.44 bits per heavy atom.